The molecule has 0 fully saturated rings. The van der Waals surface area contributed by atoms with Crippen molar-refractivity contribution >= 4 is 5.91 Å². The third-order valence-corrected chi connectivity index (χ3v) is 3.10. The second-order valence-corrected chi connectivity index (χ2v) is 4.74. The predicted octanol–water partition coefficient (Wildman–Crippen LogP) is 3.51. The van der Waals surface area contributed by atoms with Gasteiger partial charge in [0.25, 0.3) is 5.91 Å². The summed E-state index contributed by atoms with van der Waals surface area (Å²) in [5.74, 6) is 0.0664. The molecule has 0 aliphatic carbocycles. The van der Waals surface area contributed by atoms with Gasteiger partial charge in [-0.15, -0.1) is 0 Å². The Labute approximate surface area is 110 Å². The van der Waals surface area contributed by atoms with Gasteiger partial charge in [-0.05, 0) is 18.6 Å². The van der Waals surface area contributed by atoms with Crippen LogP contribution in [0.2, 0.25) is 0 Å². The predicted molar refractivity (Wildman–Crippen MR) is 74.6 cm³/mol. The third-order valence-electron chi connectivity index (χ3n) is 3.10. The van der Waals surface area contributed by atoms with Crippen molar-refractivity contribution in [3.05, 3.63) is 30.1 Å². The number of hydrogen-bond acceptors (Lipinski definition) is 2. The van der Waals surface area contributed by atoms with Crippen LogP contribution in [0.4, 0.5) is 0 Å². The minimum Gasteiger partial charge on any atom is -0.342 e. The Morgan fingerprint density at radius 2 is 1.94 bits per heavy atom. The molecule has 0 radical (unpaired) electrons. The van der Waals surface area contributed by atoms with Crippen molar-refractivity contribution in [1.29, 1.82) is 0 Å². The summed E-state index contributed by atoms with van der Waals surface area (Å²) in [6.45, 7) is 3.06. The third kappa shape index (κ3) is 5.30. The average molecular weight is 248 g/mol. The van der Waals surface area contributed by atoms with E-state index in [1.807, 2.05) is 13.1 Å². The zero-order chi connectivity index (χ0) is 13.2. The van der Waals surface area contributed by atoms with Crippen molar-refractivity contribution in [3.8, 4) is 0 Å². The summed E-state index contributed by atoms with van der Waals surface area (Å²) in [5.41, 5.74) is 0.672. The van der Waals surface area contributed by atoms with Crippen molar-refractivity contribution < 1.29 is 4.79 Å². The number of carbonyl (C=O) groups is 1. The number of nitrogens with zero attached hydrogens (tertiary/aromatic N) is 2. The number of rotatable bonds is 8. The highest BCUT2D eigenvalue weighted by Gasteiger charge is 2.10. The molecule has 0 unspecified atom stereocenters. The van der Waals surface area contributed by atoms with Gasteiger partial charge in [0.2, 0.25) is 0 Å². The van der Waals surface area contributed by atoms with Crippen LogP contribution in [0.15, 0.2) is 24.5 Å². The molecule has 0 spiro atoms. The molecule has 1 aromatic heterocycles. The molecule has 0 atom stereocenters. The molecule has 0 aliphatic rings. The minimum absolute atomic E-state index is 0.0664. The zero-order valence-corrected chi connectivity index (χ0v) is 11.6. The lowest BCUT2D eigenvalue weighted by atomic mass is 10.1. The van der Waals surface area contributed by atoms with Crippen molar-refractivity contribution in [1.82, 2.24) is 9.88 Å². The Morgan fingerprint density at radius 3 is 2.61 bits per heavy atom. The van der Waals surface area contributed by atoms with Crippen molar-refractivity contribution in [2.45, 2.75) is 45.4 Å². The van der Waals surface area contributed by atoms with Crippen LogP contribution in [-0.2, 0) is 0 Å². The number of unbranched alkanes of at least 4 members (excludes halogenated alkanes) is 5. The van der Waals surface area contributed by atoms with Gasteiger partial charge in [0, 0.05) is 26.0 Å². The number of pyridine rings is 1. The summed E-state index contributed by atoms with van der Waals surface area (Å²) in [4.78, 5) is 17.8. The number of amides is 1. The molecule has 18 heavy (non-hydrogen) atoms. The minimum atomic E-state index is 0.0664. The van der Waals surface area contributed by atoms with Gasteiger partial charge in [-0.25, -0.2) is 0 Å². The standard InChI is InChI=1S/C15H24N2O/c1-3-4-5-6-7-8-12-17(2)15(18)14-10-9-11-16-13-14/h9-11,13H,3-8,12H2,1-2H3. The van der Waals surface area contributed by atoms with Crippen LogP contribution >= 0.6 is 0 Å². The number of carbonyl (C=O) groups excluding carboxylic acids is 1. The number of hydrogen-bond donors (Lipinski definition) is 0. The molecule has 0 aromatic carbocycles. The summed E-state index contributed by atoms with van der Waals surface area (Å²) < 4.78 is 0. The Kier molecular flexibility index (Phi) is 7.07. The normalized spacial score (nSPS) is 10.3. The first-order chi connectivity index (χ1) is 8.75. The summed E-state index contributed by atoms with van der Waals surface area (Å²) in [6, 6.07) is 3.61. The first kappa shape index (κ1) is 14.7. The van der Waals surface area contributed by atoms with E-state index < -0.39 is 0 Å². The molecule has 1 aromatic rings. The summed E-state index contributed by atoms with van der Waals surface area (Å²) in [6.07, 6.45) is 10.8. The maximum absolute atomic E-state index is 12.0. The Balaban J connectivity index is 2.20. The van der Waals surface area contributed by atoms with E-state index in [0.717, 1.165) is 13.0 Å². The van der Waals surface area contributed by atoms with Gasteiger partial charge in [0.05, 0.1) is 5.56 Å². The molecule has 0 saturated carbocycles. The molecule has 0 saturated heterocycles. The van der Waals surface area contributed by atoms with Crippen molar-refractivity contribution in [2.24, 2.45) is 0 Å². The average Bonchev–Trinajstić information content (AvgIpc) is 2.42. The lowest BCUT2D eigenvalue weighted by Gasteiger charge is -2.16. The van der Waals surface area contributed by atoms with Gasteiger partial charge in [-0.2, -0.15) is 0 Å². The van der Waals surface area contributed by atoms with E-state index in [2.05, 4.69) is 11.9 Å². The SMILES string of the molecule is CCCCCCCCN(C)C(=O)c1cccnc1. The fraction of sp³-hybridized carbons (Fsp3) is 0.600. The van der Waals surface area contributed by atoms with Crippen LogP contribution < -0.4 is 0 Å². The maximum Gasteiger partial charge on any atom is 0.255 e. The van der Waals surface area contributed by atoms with E-state index in [9.17, 15) is 4.79 Å². The molecular formula is C15H24N2O. The monoisotopic (exact) mass is 248 g/mol. The quantitative estimate of drug-likeness (QED) is 0.659. The number of aromatic nitrogens is 1. The van der Waals surface area contributed by atoms with Gasteiger partial charge < -0.3 is 4.90 Å². The molecule has 3 nitrogen and oxygen atoms in total. The molecule has 1 rings (SSSR count). The molecule has 100 valence electrons. The largest absolute Gasteiger partial charge is 0.342 e. The van der Waals surface area contributed by atoms with Crippen molar-refractivity contribution in [3.63, 3.8) is 0 Å². The Hall–Kier alpha value is -1.38. The van der Waals surface area contributed by atoms with E-state index in [1.54, 1.807) is 23.4 Å². The molecule has 0 bridgehead atoms. The van der Waals surface area contributed by atoms with Crippen LogP contribution in [0, 0.1) is 0 Å². The van der Waals surface area contributed by atoms with Gasteiger partial charge in [-0.3, -0.25) is 9.78 Å². The van der Waals surface area contributed by atoms with Gasteiger partial charge in [0.15, 0.2) is 0 Å². The second kappa shape index (κ2) is 8.67. The molecular weight excluding hydrogens is 224 g/mol. The Bertz CT molecular complexity index is 338. The van der Waals surface area contributed by atoms with Crippen LogP contribution in [0.25, 0.3) is 0 Å². The van der Waals surface area contributed by atoms with Crippen LogP contribution in [0.3, 0.4) is 0 Å². The smallest absolute Gasteiger partial charge is 0.255 e. The van der Waals surface area contributed by atoms with Gasteiger partial charge in [0.1, 0.15) is 0 Å². The first-order valence-electron chi connectivity index (χ1n) is 6.91. The first-order valence-corrected chi connectivity index (χ1v) is 6.91. The molecule has 1 amide bonds. The Morgan fingerprint density at radius 1 is 1.22 bits per heavy atom. The van der Waals surface area contributed by atoms with Gasteiger partial charge in [-0.1, -0.05) is 39.0 Å². The molecule has 3 heteroatoms. The van der Waals surface area contributed by atoms with Crippen LogP contribution in [-0.4, -0.2) is 29.4 Å². The van der Waals surface area contributed by atoms with E-state index >= 15 is 0 Å². The second-order valence-electron chi connectivity index (χ2n) is 4.74. The van der Waals surface area contributed by atoms with Gasteiger partial charge >= 0.3 is 0 Å². The van der Waals surface area contributed by atoms with E-state index in [4.69, 9.17) is 0 Å². The highest BCUT2D eigenvalue weighted by atomic mass is 16.2. The lowest BCUT2D eigenvalue weighted by Crippen LogP contribution is -2.27. The summed E-state index contributed by atoms with van der Waals surface area (Å²) in [7, 11) is 1.86. The fourth-order valence-corrected chi connectivity index (χ4v) is 1.94. The topological polar surface area (TPSA) is 33.2 Å². The summed E-state index contributed by atoms with van der Waals surface area (Å²) in [5, 5.41) is 0. The molecule has 0 aliphatic heterocycles. The van der Waals surface area contributed by atoms with E-state index in [1.165, 1.54) is 32.1 Å². The highest BCUT2D eigenvalue weighted by molar-refractivity contribution is 5.93. The van der Waals surface area contributed by atoms with Crippen LogP contribution in [0.1, 0.15) is 55.8 Å². The van der Waals surface area contributed by atoms with E-state index in [0.29, 0.717) is 5.56 Å². The lowest BCUT2D eigenvalue weighted by molar-refractivity contribution is 0.0792. The van der Waals surface area contributed by atoms with E-state index in [-0.39, 0.29) is 5.91 Å². The molecule has 1 heterocycles. The van der Waals surface area contributed by atoms with Crippen molar-refractivity contribution in [2.75, 3.05) is 13.6 Å². The van der Waals surface area contributed by atoms with Crippen LogP contribution in [0.5, 0.6) is 0 Å². The zero-order valence-electron chi connectivity index (χ0n) is 11.6. The highest BCUT2D eigenvalue weighted by Crippen LogP contribution is 2.07. The summed E-state index contributed by atoms with van der Waals surface area (Å²) >= 11 is 0. The fourth-order valence-electron chi connectivity index (χ4n) is 1.94. The molecule has 0 N–H and O–H groups in total. The maximum atomic E-state index is 12.0.